The van der Waals surface area contributed by atoms with Crippen LogP contribution in [0.1, 0.15) is 66.4 Å². The molecule has 2 aliphatic carbocycles. The number of anilines is 1. The molecule has 4 atom stereocenters. The number of likely N-dealkylation sites (tertiary alicyclic amines) is 1. The first-order chi connectivity index (χ1) is 15.6. The molecule has 2 N–H and O–H groups in total. The molecule has 5 rings (SSSR count). The molecule has 0 aromatic heterocycles. The van der Waals surface area contributed by atoms with E-state index in [2.05, 4.69) is 13.0 Å². The number of aliphatic hydroxyl groups excluding tert-OH is 1. The van der Waals surface area contributed by atoms with Crippen LogP contribution in [0.4, 0.5) is 5.69 Å². The molecule has 2 heterocycles. The Morgan fingerprint density at radius 2 is 1.67 bits per heavy atom. The van der Waals surface area contributed by atoms with Gasteiger partial charge in [0.15, 0.2) is 0 Å². The number of phenolic OH excluding ortho intramolecular Hbond substituents is 1. The Hall–Kier alpha value is -0.0805. The van der Waals surface area contributed by atoms with Crippen molar-refractivity contribution in [1.29, 1.82) is 0 Å². The maximum Gasteiger partial charge on any atom is 0.229 e. The maximum atomic E-state index is 12.1. The molecule has 2 amide bonds. The Balaban J connectivity index is 0.000000333. The minimum absolute atomic E-state index is 0. The summed E-state index contributed by atoms with van der Waals surface area (Å²) in [6, 6.07) is 5.34. The van der Waals surface area contributed by atoms with Crippen LogP contribution in [-0.4, -0.2) is 46.1 Å². The van der Waals surface area contributed by atoms with Crippen LogP contribution >= 0.6 is 0 Å². The summed E-state index contributed by atoms with van der Waals surface area (Å²) < 4.78 is 0. The molecule has 6 nitrogen and oxygen atoms in total. The molecule has 2 unspecified atom stereocenters. The number of nitrogens with zero attached hydrogens (tertiary/aromatic N) is 2. The summed E-state index contributed by atoms with van der Waals surface area (Å²) in [7, 11) is 0. The van der Waals surface area contributed by atoms with E-state index in [9.17, 15) is 19.8 Å². The Bertz CT molecular complexity index is 1020. The number of aromatic hydroxyl groups is 1. The number of hydrogen-bond donors (Lipinski definition) is 2. The van der Waals surface area contributed by atoms with Crippen LogP contribution in [0, 0.1) is 98.6 Å². The topological polar surface area (TPSA) is 81.1 Å². The largest absolute Gasteiger partial charge is 0.508 e. The third-order valence-electron chi connectivity index (χ3n) is 7.40. The molecule has 1 spiro atoms. The molecular formula is C28H40Ar2N2O4. The second kappa shape index (κ2) is 13.3. The normalized spacial score (nSPS) is 26.3. The predicted octanol–water partition coefficient (Wildman–Crippen LogP) is 4.83. The van der Waals surface area contributed by atoms with Crippen molar-refractivity contribution in [3.63, 3.8) is 0 Å². The van der Waals surface area contributed by atoms with Crippen LogP contribution in [0.5, 0.6) is 5.75 Å². The number of carbonyl (C=O) groups excluding carboxylic acids is 2. The molecule has 1 saturated carbocycles. The third-order valence-corrected chi connectivity index (χ3v) is 7.40. The Labute approximate surface area is 276 Å². The van der Waals surface area contributed by atoms with Gasteiger partial charge in [-0.2, -0.15) is 0 Å². The first-order valence-corrected chi connectivity index (χ1v) is 12.1. The number of piperidine rings is 1. The van der Waals surface area contributed by atoms with E-state index in [0.717, 1.165) is 37.3 Å². The summed E-state index contributed by atoms with van der Waals surface area (Å²) >= 11 is 0. The molecule has 2 fully saturated rings. The van der Waals surface area contributed by atoms with Crippen LogP contribution in [0.3, 0.4) is 0 Å². The minimum Gasteiger partial charge on any atom is -0.508 e. The predicted molar refractivity (Wildman–Crippen MR) is 135 cm³/mol. The number of aliphatic hydroxyl groups is 1. The van der Waals surface area contributed by atoms with Gasteiger partial charge in [-0.1, -0.05) is 60.3 Å². The van der Waals surface area contributed by atoms with Gasteiger partial charge in [0.25, 0.3) is 0 Å². The molecular weight excluding hydrogens is 508 g/mol. The number of phenols is 1. The van der Waals surface area contributed by atoms with Crippen molar-refractivity contribution in [2.75, 3.05) is 18.0 Å². The van der Waals surface area contributed by atoms with E-state index in [1.54, 1.807) is 12.1 Å². The van der Waals surface area contributed by atoms with Gasteiger partial charge in [-0.3, -0.25) is 9.59 Å². The summed E-state index contributed by atoms with van der Waals surface area (Å²) in [5.74, 6) is 1.54. The van der Waals surface area contributed by atoms with Crippen molar-refractivity contribution in [2.24, 2.45) is 23.2 Å². The fraction of sp³-hybridized carbons (Fsp3) is 0.571. The molecule has 36 heavy (non-hydrogen) atoms. The van der Waals surface area contributed by atoms with Gasteiger partial charge in [-0.15, -0.1) is 0 Å². The summed E-state index contributed by atoms with van der Waals surface area (Å²) in [6.45, 7) is 11.4. The van der Waals surface area contributed by atoms with E-state index in [1.807, 2.05) is 55.7 Å². The van der Waals surface area contributed by atoms with Gasteiger partial charge >= 0.3 is 0 Å². The average Bonchev–Trinajstić information content (AvgIpc) is 3.19. The minimum atomic E-state index is -0.526. The molecule has 0 bridgehead atoms. The van der Waals surface area contributed by atoms with Gasteiger partial charge in [0.1, 0.15) is 5.75 Å². The van der Waals surface area contributed by atoms with Gasteiger partial charge in [0.05, 0.1) is 11.8 Å². The maximum absolute atomic E-state index is 12.1. The van der Waals surface area contributed by atoms with Gasteiger partial charge in [0, 0.05) is 123 Å². The fourth-order valence-electron chi connectivity index (χ4n) is 5.40. The number of carbonyl (C=O) groups is 2. The van der Waals surface area contributed by atoms with Crippen molar-refractivity contribution >= 4 is 17.5 Å². The van der Waals surface area contributed by atoms with E-state index < -0.39 is 6.10 Å². The molecule has 4 aliphatic rings. The van der Waals surface area contributed by atoms with Gasteiger partial charge in [0.2, 0.25) is 11.8 Å². The average molecular weight is 549 g/mol. The first kappa shape index (κ1) is 33.9. The molecule has 2 aliphatic heterocycles. The summed E-state index contributed by atoms with van der Waals surface area (Å²) in [4.78, 5) is 27.9. The number of hydrogen-bond acceptors (Lipinski definition) is 4. The van der Waals surface area contributed by atoms with Crippen molar-refractivity contribution in [2.45, 2.75) is 66.9 Å². The van der Waals surface area contributed by atoms with E-state index in [4.69, 9.17) is 0 Å². The third kappa shape index (κ3) is 6.38. The summed E-state index contributed by atoms with van der Waals surface area (Å²) in [5, 5.41) is 19.2. The fourth-order valence-corrected chi connectivity index (χ4v) is 5.40. The monoisotopic (exact) mass is 548 g/mol. The smallest absolute Gasteiger partial charge is 0.229 e. The molecule has 8 heteroatoms. The Morgan fingerprint density at radius 1 is 1.06 bits per heavy atom. The molecule has 0 radical (unpaired) electrons. The second-order valence-corrected chi connectivity index (χ2v) is 10.4. The van der Waals surface area contributed by atoms with Crippen LogP contribution < -0.4 is 4.90 Å². The zero-order chi connectivity index (χ0) is 24.1. The second-order valence-electron chi connectivity index (χ2n) is 10.4. The van der Waals surface area contributed by atoms with Crippen LogP contribution in [0.2, 0.25) is 0 Å². The quantitative estimate of drug-likeness (QED) is 0.531. The Morgan fingerprint density at radius 3 is 2.25 bits per heavy atom. The van der Waals surface area contributed by atoms with E-state index in [1.165, 1.54) is 5.56 Å². The van der Waals surface area contributed by atoms with E-state index in [0.29, 0.717) is 11.8 Å². The summed E-state index contributed by atoms with van der Waals surface area (Å²) in [6.07, 6.45) is 7.41. The molecule has 202 valence electrons. The van der Waals surface area contributed by atoms with Gasteiger partial charge in [-0.25, -0.2) is 0 Å². The van der Waals surface area contributed by atoms with E-state index >= 15 is 0 Å². The van der Waals surface area contributed by atoms with Crippen LogP contribution in [0.15, 0.2) is 42.1 Å². The van der Waals surface area contributed by atoms with Crippen molar-refractivity contribution in [3.8, 4) is 5.75 Å². The zero-order valence-electron chi connectivity index (χ0n) is 21.0. The zero-order valence-corrected chi connectivity index (χ0v) is 22.4. The van der Waals surface area contributed by atoms with Crippen molar-refractivity contribution < 1.29 is 95.3 Å². The number of benzene rings is 1. The number of amides is 2. The van der Waals surface area contributed by atoms with Crippen molar-refractivity contribution in [1.82, 2.24) is 4.90 Å². The van der Waals surface area contributed by atoms with E-state index in [-0.39, 0.29) is 118 Å². The molecule has 1 aromatic carbocycles. The van der Waals surface area contributed by atoms with Gasteiger partial charge in [-0.05, 0) is 36.5 Å². The van der Waals surface area contributed by atoms with Gasteiger partial charge < -0.3 is 20.0 Å². The van der Waals surface area contributed by atoms with Crippen molar-refractivity contribution in [3.05, 3.63) is 47.7 Å². The Kier molecular flexibility index (Phi) is 12.6. The first-order valence-electron chi connectivity index (χ1n) is 12.1. The standard InChI is InChI=1S/C14H19NO2.C13H17NO2.CH4.2Ar/c1-4-10-8-15(14(17)9(2)3)13-7-11(16)5-6-12(10)13;1-8(2)12(16)14-7-9-6-13(9)4-3-10(15)5-11(13)14;;;/h5-7,9-10,16H,4,8H2,1-3H3;3-5,8-10,15H,6-7H2,1-2H3;1H4;;/t10-;9?,10?,13-;;;/m11.../s1. The number of fused-ring (bicyclic) bond motifs is 1. The SMILES string of the molecule is C.CC(C)C(=O)N1CC2C[C@]23C=CC(O)C=C13.CC[C@@H]1CN(C(=O)C(C)C)c2cc(O)ccc21.[Ar].[Ar]. The number of rotatable bonds is 3. The van der Waals surface area contributed by atoms with Crippen LogP contribution in [0.25, 0.3) is 0 Å². The molecule has 1 saturated heterocycles. The molecule has 1 aromatic rings. The number of allylic oxidation sites excluding steroid dienone is 1. The summed E-state index contributed by atoms with van der Waals surface area (Å²) in [5.41, 5.74) is 3.21. The van der Waals surface area contributed by atoms with Crippen LogP contribution in [-0.2, 0) is 9.59 Å².